The fourth-order valence-corrected chi connectivity index (χ4v) is 6.97. The number of carboxylic acid groups (broad SMARTS) is 1. The van der Waals surface area contributed by atoms with Gasteiger partial charge in [0.25, 0.3) is 5.91 Å². The van der Waals surface area contributed by atoms with Gasteiger partial charge in [-0.05, 0) is 63.1 Å². The highest BCUT2D eigenvalue weighted by molar-refractivity contribution is 7.09. The minimum Gasteiger partial charge on any atom is -0.481 e. The van der Waals surface area contributed by atoms with E-state index in [4.69, 9.17) is 0 Å². The lowest BCUT2D eigenvalue weighted by molar-refractivity contribution is -0.141. The third kappa shape index (κ3) is 10.9. The number of carbonyl (C=O) groups is 4. The lowest BCUT2D eigenvalue weighted by Gasteiger charge is -2.37. The van der Waals surface area contributed by atoms with Crippen LogP contribution in [0.15, 0.2) is 35.7 Å². The number of nitrogens with zero attached hydrogens (tertiary/aromatic N) is 3. The smallest absolute Gasteiger partial charge is 0.303 e. The minimum absolute atomic E-state index is 0.0122. The van der Waals surface area contributed by atoms with Crippen LogP contribution in [0.2, 0.25) is 0 Å². The van der Waals surface area contributed by atoms with Crippen molar-refractivity contribution in [3.8, 4) is 0 Å². The monoisotopic (exact) mass is 655 g/mol. The maximum absolute atomic E-state index is 13.9. The average Bonchev–Trinajstić information content (AvgIpc) is 3.51. The zero-order valence-corrected chi connectivity index (χ0v) is 29.1. The number of nitrogens with one attached hydrogen (secondary N) is 2. The summed E-state index contributed by atoms with van der Waals surface area (Å²) in [4.78, 5) is 60.0. The van der Waals surface area contributed by atoms with Gasteiger partial charge in [-0.1, -0.05) is 70.9 Å². The van der Waals surface area contributed by atoms with Gasteiger partial charge in [0.15, 0.2) is 0 Å². The Balaban J connectivity index is 1.64. The number of hydrogen-bond acceptors (Lipinski definition) is 7. The average molecular weight is 656 g/mol. The molecule has 3 rings (SSSR count). The lowest BCUT2D eigenvalue weighted by atomic mass is 9.93. The Kier molecular flexibility index (Phi) is 14.6. The van der Waals surface area contributed by atoms with E-state index in [-0.39, 0.29) is 54.1 Å². The SMILES string of the molecule is CC[C@H](C)[C@H](NC(=O)C1CCCCN1C)C(=O)N(C)[C@H](CCc1nc(C(=O)N[C@H](CCC(=O)O)Cc2ccccc2)cs1)C(C)C. The Morgan fingerprint density at radius 1 is 1.09 bits per heavy atom. The van der Waals surface area contributed by atoms with Crippen LogP contribution in [-0.4, -0.2) is 88.4 Å². The van der Waals surface area contributed by atoms with Crippen LogP contribution in [0.4, 0.5) is 0 Å². The molecule has 46 heavy (non-hydrogen) atoms. The van der Waals surface area contributed by atoms with Crippen LogP contribution in [0.25, 0.3) is 0 Å². The number of hydrogen-bond donors (Lipinski definition) is 3. The molecule has 1 aliphatic rings. The van der Waals surface area contributed by atoms with E-state index >= 15 is 0 Å². The normalized spacial score (nSPS) is 17.9. The van der Waals surface area contributed by atoms with Crippen LogP contribution in [0.5, 0.6) is 0 Å². The van der Waals surface area contributed by atoms with Crippen molar-refractivity contribution in [3.63, 3.8) is 0 Å². The quantitative estimate of drug-likeness (QED) is 0.224. The number of likely N-dealkylation sites (tertiary alicyclic amines) is 1. The third-order valence-electron chi connectivity index (χ3n) is 9.27. The highest BCUT2D eigenvalue weighted by Crippen LogP contribution is 2.22. The van der Waals surface area contributed by atoms with Gasteiger partial charge in [0.05, 0.1) is 11.0 Å². The molecule has 11 heteroatoms. The van der Waals surface area contributed by atoms with Crippen LogP contribution < -0.4 is 10.6 Å². The number of rotatable bonds is 17. The minimum atomic E-state index is -0.902. The van der Waals surface area contributed by atoms with Gasteiger partial charge >= 0.3 is 5.97 Å². The Hall–Kier alpha value is -3.31. The molecule has 0 spiro atoms. The maximum atomic E-state index is 13.9. The van der Waals surface area contributed by atoms with E-state index in [1.54, 1.807) is 10.3 Å². The van der Waals surface area contributed by atoms with Crippen LogP contribution in [0, 0.1) is 11.8 Å². The van der Waals surface area contributed by atoms with Gasteiger partial charge in [-0.25, -0.2) is 4.98 Å². The van der Waals surface area contributed by atoms with E-state index in [9.17, 15) is 24.3 Å². The summed E-state index contributed by atoms with van der Waals surface area (Å²) in [5.41, 5.74) is 1.33. The molecule has 1 fully saturated rings. The molecule has 0 bridgehead atoms. The number of piperidine rings is 1. The highest BCUT2D eigenvalue weighted by Gasteiger charge is 2.35. The van der Waals surface area contributed by atoms with E-state index < -0.39 is 12.0 Å². The molecule has 5 atom stereocenters. The van der Waals surface area contributed by atoms with E-state index in [2.05, 4.69) is 34.4 Å². The van der Waals surface area contributed by atoms with Crippen molar-refractivity contribution < 1.29 is 24.3 Å². The summed E-state index contributed by atoms with van der Waals surface area (Å²) in [6.07, 6.45) is 5.73. The van der Waals surface area contributed by atoms with Crippen molar-refractivity contribution in [2.75, 3.05) is 20.6 Å². The standard InChI is InChI=1S/C35H53N5O5S/c1-7-24(4)32(38-34(44)29-15-11-12-20-39(29)5)35(45)40(6)28(23(2)3)17-18-30-37-27(22-46-30)33(43)36-26(16-19-31(41)42)21-25-13-9-8-10-14-25/h8-10,13-14,22-24,26,28-29,32H,7,11-12,15-21H2,1-6H3,(H,36,43)(H,38,44)(H,41,42)/t24-,26+,28+,29?,32-/m0/s1. The molecule has 0 aliphatic carbocycles. The molecule has 3 amide bonds. The predicted octanol–water partition coefficient (Wildman–Crippen LogP) is 4.78. The Bertz CT molecular complexity index is 1290. The molecule has 0 radical (unpaired) electrons. The fourth-order valence-electron chi connectivity index (χ4n) is 6.18. The number of likely N-dealkylation sites (N-methyl/N-ethyl adjacent to an activating group) is 2. The number of amides is 3. The van der Waals surface area contributed by atoms with Crippen molar-refractivity contribution in [3.05, 3.63) is 52.0 Å². The number of carboxylic acids is 1. The molecule has 0 saturated carbocycles. The zero-order valence-electron chi connectivity index (χ0n) is 28.3. The maximum Gasteiger partial charge on any atom is 0.303 e. The van der Waals surface area contributed by atoms with E-state index in [1.165, 1.54) is 11.3 Å². The number of benzene rings is 1. The second-order valence-electron chi connectivity index (χ2n) is 13.1. The Morgan fingerprint density at radius 2 is 1.80 bits per heavy atom. The predicted molar refractivity (Wildman–Crippen MR) is 182 cm³/mol. The van der Waals surface area contributed by atoms with E-state index in [0.717, 1.165) is 42.8 Å². The summed E-state index contributed by atoms with van der Waals surface area (Å²) >= 11 is 1.41. The first-order valence-electron chi connectivity index (χ1n) is 16.7. The van der Waals surface area contributed by atoms with E-state index in [0.29, 0.717) is 31.4 Å². The van der Waals surface area contributed by atoms with Crippen LogP contribution in [0.1, 0.15) is 93.7 Å². The first-order valence-corrected chi connectivity index (χ1v) is 17.6. The topological polar surface area (TPSA) is 132 Å². The molecule has 1 aliphatic heterocycles. The van der Waals surface area contributed by atoms with Gasteiger partial charge in [0, 0.05) is 37.4 Å². The van der Waals surface area contributed by atoms with Crippen molar-refractivity contribution in [1.82, 2.24) is 25.4 Å². The molecule has 1 aromatic heterocycles. The largest absolute Gasteiger partial charge is 0.481 e. The number of aryl methyl sites for hydroxylation is 1. The number of thiazole rings is 1. The Labute approximate surface area is 278 Å². The van der Waals surface area contributed by atoms with Crippen molar-refractivity contribution in [2.45, 2.75) is 110 Å². The number of aliphatic carboxylic acids is 1. The number of aromatic nitrogens is 1. The molecule has 3 N–H and O–H groups in total. The van der Waals surface area contributed by atoms with Gasteiger partial charge in [-0.15, -0.1) is 11.3 Å². The van der Waals surface area contributed by atoms with Crippen molar-refractivity contribution in [2.24, 2.45) is 11.8 Å². The van der Waals surface area contributed by atoms with Gasteiger partial charge in [0.1, 0.15) is 11.7 Å². The van der Waals surface area contributed by atoms with Gasteiger partial charge in [-0.3, -0.25) is 24.1 Å². The Morgan fingerprint density at radius 3 is 2.43 bits per heavy atom. The second kappa shape index (κ2) is 18.1. The van der Waals surface area contributed by atoms with Crippen molar-refractivity contribution in [1.29, 1.82) is 0 Å². The molecule has 1 saturated heterocycles. The first kappa shape index (κ1) is 37.2. The molecule has 2 aromatic rings. The van der Waals surface area contributed by atoms with E-state index in [1.807, 2.05) is 58.3 Å². The molecular formula is C35H53N5O5S. The zero-order chi connectivity index (χ0) is 33.8. The highest BCUT2D eigenvalue weighted by atomic mass is 32.1. The summed E-state index contributed by atoms with van der Waals surface area (Å²) in [7, 11) is 3.80. The molecule has 2 heterocycles. The van der Waals surface area contributed by atoms with Crippen LogP contribution in [-0.2, 0) is 27.2 Å². The third-order valence-corrected chi connectivity index (χ3v) is 10.2. The summed E-state index contributed by atoms with van der Waals surface area (Å²) in [5.74, 6) is -1.22. The summed E-state index contributed by atoms with van der Waals surface area (Å²) in [5, 5.41) is 17.8. The number of carbonyl (C=O) groups excluding carboxylic acids is 3. The van der Waals surface area contributed by atoms with Crippen LogP contribution in [0.3, 0.4) is 0 Å². The molecule has 10 nitrogen and oxygen atoms in total. The molecule has 1 aromatic carbocycles. The van der Waals surface area contributed by atoms with Gasteiger partial charge in [-0.2, -0.15) is 0 Å². The fraction of sp³-hybridized carbons (Fsp3) is 0.629. The second-order valence-corrected chi connectivity index (χ2v) is 14.0. The lowest BCUT2D eigenvalue weighted by Crippen LogP contribution is -2.57. The van der Waals surface area contributed by atoms with Gasteiger partial charge in [0.2, 0.25) is 11.8 Å². The molecule has 254 valence electrons. The van der Waals surface area contributed by atoms with Crippen LogP contribution >= 0.6 is 11.3 Å². The summed E-state index contributed by atoms with van der Waals surface area (Å²) in [6.45, 7) is 9.12. The molecule has 1 unspecified atom stereocenters. The van der Waals surface area contributed by atoms with Crippen molar-refractivity contribution >= 4 is 35.0 Å². The van der Waals surface area contributed by atoms with Gasteiger partial charge < -0.3 is 20.6 Å². The molecular weight excluding hydrogens is 602 g/mol. The summed E-state index contributed by atoms with van der Waals surface area (Å²) < 4.78 is 0. The summed E-state index contributed by atoms with van der Waals surface area (Å²) in [6, 6.07) is 8.46. The first-order chi connectivity index (χ1) is 21.9.